The molecule has 2 heterocycles. The molecular formula is C19H13N3O2. The van der Waals surface area contributed by atoms with Gasteiger partial charge in [-0.05, 0) is 41.5 Å². The summed E-state index contributed by atoms with van der Waals surface area (Å²) in [5.41, 5.74) is 4.05. The highest BCUT2D eigenvalue weighted by Gasteiger charge is 2.12. The predicted octanol–water partition coefficient (Wildman–Crippen LogP) is 3.41. The van der Waals surface area contributed by atoms with E-state index in [0.29, 0.717) is 5.56 Å². The normalized spacial score (nSPS) is 15.4. The Morgan fingerprint density at radius 1 is 1.25 bits per heavy atom. The highest BCUT2D eigenvalue weighted by Crippen LogP contribution is 2.29. The van der Waals surface area contributed by atoms with E-state index in [1.807, 2.05) is 42.6 Å². The van der Waals surface area contributed by atoms with Crippen molar-refractivity contribution in [2.24, 2.45) is 4.99 Å². The Labute approximate surface area is 138 Å². The average Bonchev–Trinajstić information content (AvgIpc) is 3.28. The zero-order chi connectivity index (χ0) is 16.9. The smallest absolute Gasteiger partial charge is 0.346 e. The van der Waals surface area contributed by atoms with E-state index in [1.165, 1.54) is 6.08 Å². The molecule has 3 rings (SSSR count). The van der Waals surface area contributed by atoms with Gasteiger partial charge in [-0.1, -0.05) is 24.3 Å². The van der Waals surface area contributed by atoms with E-state index in [2.05, 4.69) is 9.98 Å². The minimum atomic E-state index is -1.24. The fourth-order valence-electron chi connectivity index (χ4n) is 2.43. The molecule has 0 bridgehead atoms. The molecule has 1 aliphatic heterocycles. The van der Waals surface area contributed by atoms with Gasteiger partial charge in [0.2, 0.25) is 0 Å². The molecule has 0 atom stereocenters. The Balaban J connectivity index is 2.02. The maximum atomic E-state index is 10.9. The summed E-state index contributed by atoms with van der Waals surface area (Å²) in [5.74, 6) is -1.24. The van der Waals surface area contributed by atoms with Gasteiger partial charge in [-0.25, -0.2) is 4.79 Å². The van der Waals surface area contributed by atoms with Gasteiger partial charge >= 0.3 is 5.97 Å². The highest BCUT2D eigenvalue weighted by molar-refractivity contribution is 5.96. The van der Waals surface area contributed by atoms with E-state index in [4.69, 9.17) is 10.4 Å². The molecule has 0 saturated carbocycles. The topological polar surface area (TPSA) is 89.2 Å². The Kier molecular flexibility index (Phi) is 4.21. The van der Waals surface area contributed by atoms with E-state index in [-0.39, 0.29) is 5.57 Å². The lowest BCUT2D eigenvalue weighted by Gasteiger charge is -2.09. The number of nitrogens with one attached hydrogen (secondary N) is 1. The molecule has 1 aromatic heterocycles. The summed E-state index contributed by atoms with van der Waals surface area (Å²) in [4.78, 5) is 18.5. The molecule has 0 amide bonds. The Hall–Kier alpha value is -3.65. The van der Waals surface area contributed by atoms with E-state index >= 15 is 0 Å². The van der Waals surface area contributed by atoms with Crippen molar-refractivity contribution >= 4 is 23.8 Å². The van der Waals surface area contributed by atoms with Crippen molar-refractivity contribution < 1.29 is 9.90 Å². The van der Waals surface area contributed by atoms with Gasteiger partial charge in [-0.15, -0.1) is 0 Å². The van der Waals surface area contributed by atoms with Crippen molar-refractivity contribution in [1.29, 1.82) is 5.26 Å². The first-order valence-corrected chi connectivity index (χ1v) is 7.23. The van der Waals surface area contributed by atoms with Gasteiger partial charge < -0.3 is 10.1 Å². The quantitative estimate of drug-likeness (QED) is 0.669. The lowest BCUT2D eigenvalue weighted by Crippen LogP contribution is -1.97. The number of aliphatic carboxylic acids is 1. The molecule has 1 aliphatic rings. The van der Waals surface area contributed by atoms with Crippen LogP contribution in [0.15, 0.2) is 71.0 Å². The van der Waals surface area contributed by atoms with Crippen molar-refractivity contribution in [2.75, 3.05) is 0 Å². The molecule has 2 N–H and O–H groups in total. The van der Waals surface area contributed by atoms with E-state index < -0.39 is 5.97 Å². The molecule has 2 aromatic rings. The van der Waals surface area contributed by atoms with Gasteiger partial charge in [-0.3, -0.25) is 4.99 Å². The minimum Gasteiger partial charge on any atom is -0.477 e. The summed E-state index contributed by atoms with van der Waals surface area (Å²) in [5, 5.41) is 17.8. The number of nitrogens with zero attached hydrogens (tertiary/aromatic N) is 2. The first-order chi connectivity index (χ1) is 11.7. The van der Waals surface area contributed by atoms with Crippen LogP contribution >= 0.6 is 0 Å². The van der Waals surface area contributed by atoms with Crippen molar-refractivity contribution in [3.8, 4) is 6.07 Å². The van der Waals surface area contributed by atoms with Gasteiger partial charge in [0.1, 0.15) is 11.6 Å². The number of H-pyrrole nitrogens is 1. The Morgan fingerprint density at radius 3 is 2.58 bits per heavy atom. The van der Waals surface area contributed by atoms with E-state index in [0.717, 1.165) is 22.5 Å². The SMILES string of the molecule is N#C/C(=C\c1ccc(/C(=C2/C=CC=N2)c2ccc[nH]2)cc1)C(=O)O. The first kappa shape index (κ1) is 15.3. The third-order valence-corrected chi connectivity index (χ3v) is 3.54. The lowest BCUT2D eigenvalue weighted by atomic mass is 9.99. The van der Waals surface area contributed by atoms with Crippen LogP contribution in [-0.4, -0.2) is 22.3 Å². The number of nitriles is 1. The van der Waals surface area contributed by atoms with Crippen LogP contribution in [-0.2, 0) is 4.79 Å². The second-order valence-corrected chi connectivity index (χ2v) is 5.08. The largest absolute Gasteiger partial charge is 0.477 e. The van der Waals surface area contributed by atoms with E-state index in [1.54, 1.807) is 24.4 Å². The highest BCUT2D eigenvalue weighted by atomic mass is 16.4. The molecule has 1 aromatic carbocycles. The summed E-state index contributed by atoms with van der Waals surface area (Å²) in [6, 6.07) is 12.9. The number of benzene rings is 1. The van der Waals surface area contributed by atoms with Crippen LogP contribution in [0.3, 0.4) is 0 Å². The molecule has 24 heavy (non-hydrogen) atoms. The number of aliphatic imine (C=N–C) groups is 1. The summed E-state index contributed by atoms with van der Waals surface area (Å²) in [7, 11) is 0. The standard InChI is InChI=1S/C19H13N3O2/c20-12-15(19(23)24)11-13-5-7-14(8-6-13)18(16-3-1-9-21-16)17-4-2-10-22-17/h1-11,21H,(H,23,24)/b15-11+,18-17+. The molecule has 0 unspecified atom stereocenters. The average molecular weight is 315 g/mol. The van der Waals surface area contributed by atoms with Crippen LogP contribution < -0.4 is 0 Å². The van der Waals surface area contributed by atoms with Gasteiger partial charge in [0, 0.05) is 23.7 Å². The molecule has 5 heteroatoms. The summed E-state index contributed by atoms with van der Waals surface area (Å²) >= 11 is 0. The zero-order valence-electron chi connectivity index (χ0n) is 12.6. The molecule has 0 aliphatic carbocycles. The maximum Gasteiger partial charge on any atom is 0.346 e. The summed E-state index contributed by atoms with van der Waals surface area (Å²) in [6.45, 7) is 0. The van der Waals surface area contributed by atoms with Crippen molar-refractivity contribution in [3.05, 3.63) is 82.8 Å². The van der Waals surface area contributed by atoms with Gasteiger partial charge in [0.15, 0.2) is 0 Å². The van der Waals surface area contributed by atoms with Crippen molar-refractivity contribution in [2.45, 2.75) is 0 Å². The van der Waals surface area contributed by atoms with Crippen LogP contribution in [0.1, 0.15) is 16.8 Å². The fourth-order valence-corrected chi connectivity index (χ4v) is 2.43. The Morgan fingerprint density at radius 2 is 2.04 bits per heavy atom. The number of carbonyl (C=O) groups is 1. The summed E-state index contributed by atoms with van der Waals surface area (Å²) < 4.78 is 0. The molecule has 0 spiro atoms. The van der Waals surface area contributed by atoms with Crippen LogP contribution in [0.4, 0.5) is 0 Å². The summed E-state index contributed by atoms with van der Waals surface area (Å²) in [6.07, 6.45) is 8.74. The zero-order valence-corrected chi connectivity index (χ0v) is 12.6. The second kappa shape index (κ2) is 6.63. The van der Waals surface area contributed by atoms with Gasteiger partial charge in [0.05, 0.1) is 5.70 Å². The number of rotatable bonds is 4. The minimum absolute atomic E-state index is 0.297. The predicted molar refractivity (Wildman–Crippen MR) is 92.1 cm³/mol. The number of carboxylic acids is 1. The first-order valence-electron chi connectivity index (χ1n) is 7.23. The van der Waals surface area contributed by atoms with Crippen LogP contribution in [0.5, 0.6) is 0 Å². The maximum absolute atomic E-state index is 10.9. The van der Waals surface area contributed by atoms with E-state index in [9.17, 15) is 4.79 Å². The van der Waals surface area contributed by atoms with Crippen molar-refractivity contribution in [1.82, 2.24) is 4.98 Å². The monoisotopic (exact) mass is 315 g/mol. The molecule has 0 saturated heterocycles. The number of hydrogen-bond acceptors (Lipinski definition) is 3. The number of aromatic nitrogens is 1. The van der Waals surface area contributed by atoms with Crippen LogP contribution in [0.25, 0.3) is 11.6 Å². The van der Waals surface area contributed by atoms with Crippen LogP contribution in [0, 0.1) is 11.3 Å². The number of aromatic amines is 1. The third kappa shape index (κ3) is 3.08. The molecule has 0 radical (unpaired) electrons. The fraction of sp³-hybridized carbons (Fsp3) is 0. The number of allylic oxidation sites excluding steroid dienone is 2. The molecule has 0 fully saturated rings. The number of hydrogen-bond donors (Lipinski definition) is 2. The molecule has 116 valence electrons. The van der Waals surface area contributed by atoms with Crippen molar-refractivity contribution in [3.63, 3.8) is 0 Å². The van der Waals surface area contributed by atoms with Gasteiger partial charge in [0.25, 0.3) is 0 Å². The Bertz CT molecular complexity index is 908. The lowest BCUT2D eigenvalue weighted by molar-refractivity contribution is -0.132. The number of carboxylic acid groups (broad SMARTS) is 1. The molecule has 5 nitrogen and oxygen atoms in total. The third-order valence-electron chi connectivity index (χ3n) is 3.54. The van der Waals surface area contributed by atoms with Crippen LogP contribution in [0.2, 0.25) is 0 Å². The molecular weight excluding hydrogens is 302 g/mol. The van der Waals surface area contributed by atoms with Gasteiger partial charge in [-0.2, -0.15) is 5.26 Å². The second-order valence-electron chi connectivity index (χ2n) is 5.08.